The summed E-state index contributed by atoms with van der Waals surface area (Å²) < 4.78 is 10.8. The van der Waals surface area contributed by atoms with Crippen molar-refractivity contribution in [3.05, 3.63) is 77.9 Å². The van der Waals surface area contributed by atoms with E-state index in [9.17, 15) is 9.59 Å². The van der Waals surface area contributed by atoms with Crippen LogP contribution in [0, 0.1) is 0 Å². The molecule has 30 heavy (non-hydrogen) atoms. The first-order valence-electron chi connectivity index (χ1n) is 9.55. The Morgan fingerprint density at radius 2 is 1.73 bits per heavy atom. The lowest BCUT2D eigenvalue weighted by Gasteiger charge is -2.19. The summed E-state index contributed by atoms with van der Waals surface area (Å²) in [5.74, 6) is 0.290. The molecule has 0 radical (unpaired) electrons. The Labute approximate surface area is 177 Å². The van der Waals surface area contributed by atoms with Crippen molar-refractivity contribution in [2.24, 2.45) is 0 Å². The van der Waals surface area contributed by atoms with Gasteiger partial charge in [0.15, 0.2) is 11.5 Å². The van der Waals surface area contributed by atoms with Crippen molar-refractivity contribution < 1.29 is 19.1 Å². The molecule has 2 N–H and O–H groups in total. The molecule has 0 spiro atoms. The van der Waals surface area contributed by atoms with Crippen LogP contribution in [0.4, 0.5) is 0 Å². The average Bonchev–Trinajstić information content (AvgIpc) is 2.74. The van der Waals surface area contributed by atoms with Crippen LogP contribution in [0.15, 0.2) is 61.2 Å². The number of ether oxygens (including phenoxy) is 2. The van der Waals surface area contributed by atoms with Crippen LogP contribution in [0.3, 0.4) is 0 Å². The van der Waals surface area contributed by atoms with Gasteiger partial charge in [-0.2, -0.15) is 0 Å². The highest BCUT2D eigenvalue weighted by atomic mass is 16.5. The number of rotatable bonds is 7. The van der Waals surface area contributed by atoms with Crippen molar-refractivity contribution in [3.63, 3.8) is 0 Å². The predicted octanol–water partition coefficient (Wildman–Crippen LogP) is 4.03. The van der Waals surface area contributed by atoms with Crippen LogP contribution in [-0.2, 0) is 10.2 Å². The number of methoxy groups -OCH3 is 1. The zero-order valence-corrected chi connectivity index (χ0v) is 17.8. The first-order chi connectivity index (χ1) is 14.2. The lowest BCUT2D eigenvalue weighted by Crippen LogP contribution is -2.40. The molecule has 0 saturated carbocycles. The van der Waals surface area contributed by atoms with Gasteiger partial charge >= 0.3 is 0 Å². The standard InChI is InChI=1S/C24H28N2O4/c1-6-15-30-20-13-7-17(16-21(20)29-5)8-14-22(27)25-26-23(28)18-9-11-19(12-10-18)24(2,3)4/h6-14,16H,1,15H2,2-5H3,(H,25,27)(H,26,28)/b14-8+. The lowest BCUT2D eigenvalue weighted by atomic mass is 9.87. The van der Waals surface area contributed by atoms with E-state index >= 15 is 0 Å². The summed E-state index contributed by atoms with van der Waals surface area (Å²) in [5.41, 5.74) is 7.12. The molecule has 0 aliphatic rings. The summed E-state index contributed by atoms with van der Waals surface area (Å²) in [6.45, 7) is 10.3. The van der Waals surface area contributed by atoms with Crippen LogP contribution in [0.5, 0.6) is 11.5 Å². The second kappa shape index (κ2) is 10.3. The van der Waals surface area contributed by atoms with Gasteiger partial charge in [-0.1, -0.05) is 51.6 Å². The van der Waals surface area contributed by atoms with E-state index < -0.39 is 5.91 Å². The monoisotopic (exact) mass is 408 g/mol. The Bertz CT molecular complexity index is 925. The van der Waals surface area contributed by atoms with Gasteiger partial charge in [-0.15, -0.1) is 0 Å². The number of hydrogen-bond donors (Lipinski definition) is 2. The maximum absolute atomic E-state index is 12.2. The molecule has 0 bridgehead atoms. The van der Waals surface area contributed by atoms with Crippen molar-refractivity contribution in [1.82, 2.24) is 10.9 Å². The van der Waals surface area contributed by atoms with E-state index in [2.05, 4.69) is 38.2 Å². The van der Waals surface area contributed by atoms with Crippen LogP contribution < -0.4 is 20.3 Å². The third-order valence-electron chi connectivity index (χ3n) is 4.28. The summed E-state index contributed by atoms with van der Waals surface area (Å²) in [4.78, 5) is 24.2. The first kappa shape index (κ1) is 22.7. The molecule has 0 unspecified atom stereocenters. The van der Waals surface area contributed by atoms with E-state index in [0.717, 1.165) is 11.1 Å². The lowest BCUT2D eigenvalue weighted by molar-refractivity contribution is -0.117. The number of nitrogens with one attached hydrogen (secondary N) is 2. The quantitative estimate of drug-likeness (QED) is 0.412. The summed E-state index contributed by atoms with van der Waals surface area (Å²) in [5, 5.41) is 0. The second-order valence-corrected chi connectivity index (χ2v) is 7.61. The van der Waals surface area contributed by atoms with Gasteiger partial charge in [-0.05, 0) is 46.9 Å². The maximum Gasteiger partial charge on any atom is 0.269 e. The zero-order valence-electron chi connectivity index (χ0n) is 17.8. The Morgan fingerprint density at radius 3 is 2.33 bits per heavy atom. The van der Waals surface area contributed by atoms with Crippen molar-refractivity contribution in [1.29, 1.82) is 0 Å². The minimum absolute atomic E-state index is 0.00663. The van der Waals surface area contributed by atoms with E-state index in [1.54, 1.807) is 49.6 Å². The van der Waals surface area contributed by atoms with E-state index in [4.69, 9.17) is 9.47 Å². The Kier molecular flexibility index (Phi) is 7.81. The van der Waals surface area contributed by atoms with E-state index in [0.29, 0.717) is 23.7 Å². The van der Waals surface area contributed by atoms with Crippen LogP contribution in [0.1, 0.15) is 42.3 Å². The Hall–Kier alpha value is -3.54. The molecule has 2 aromatic rings. The summed E-state index contributed by atoms with van der Waals surface area (Å²) >= 11 is 0. The number of hydrazine groups is 1. The molecule has 2 amide bonds. The van der Waals surface area contributed by atoms with Gasteiger partial charge in [-0.3, -0.25) is 20.4 Å². The van der Waals surface area contributed by atoms with Gasteiger partial charge in [0, 0.05) is 11.6 Å². The number of carbonyl (C=O) groups excluding carboxylic acids is 2. The fourth-order valence-corrected chi connectivity index (χ4v) is 2.58. The molecule has 0 saturated heterocycles. The molecule has 6 nitrogen and oxygen atoms in total. The van der Waals surface area contributed by atoms with Crippen molar-refractivity contribution in [2.45, 2.75) is 26.2 Å². The van der Waals surface area contributed by atoms with Crippen LogP contribution in [-0.4, -0.2) is 25.5 Å². The number of carbonyl (C=O) groups is 2. The molecule has 6 heteroatoms. The summed E-state index contributed by atoms with van der Waals surface area (Å²) in [7, 11) is 1.54. The van der Waals surface area contributed by atoms with Gasteiger partial charge in [0.05, 0.1) is 7.11 Å². The molecule has 158 valence electrons. The second-order valence-electron chi connectivity index (χ2n) is 7.61. The molecule has 2 aromatic carbocycles. The molecule has 2 rings (SSSR count). The molecule has 0 heterocycles. The zero-order chi connectivity index (χ0) is 22.1. The molecule has 0 fully saturated rings. The number of amides is 2. The van der Waals surface area contributed by atoms with Gasteiger partial charge in [0.1, 0.15) is 6.61 Å². The van der Waals surface area contributed by atoms with E-state index in [1.807, 2.05) is 12.1 Å². The smallest absolute Gasteiger partial charge is 0.269 e. The van der Waals surface area contributed by atoms with Crippen molar-refractivity contribution in [2.75, 3.05) is 13.7 Å². The fourth-order valence-electron chi connectivity index (χ4n) is 2.58. The maximum atomic E-state index is 12.2. The van der Waals surface area contributed by atoms with Crippen molar-refractivity contribution in [3.8, 4) is 11.5 Å². The van der Waals surface area contributed by atoms with E-state index in [-0.39, 0.29) is 11.3 Å². The fraction of sp³-hybridized carbons (Fsp3) is 0.250. The number of benzene rings is 2. The van der Waals surface area contributed by atoms with Gasteiger partial charge < -0.3 is 9.47 Å². The largest absolute Gasteiger partial charge is 0.493 e. The molecule has 0 atom stereocenters. The van der Waals surface area contributed by atoms with Crippen molar-refractivity contribution >= 4 is 17.9 Å². The first-order valence-corrected chi connectivity index (χ1v) is 9.55. The van der Waals surface area contributed by atoms with Gasteiger partial charge in [0.2, 0.25) is 0 Å². The normalized spacial score (nSPS) is 11.1. The summed E-state index contributed by atoms with van der Waals surface area (Å²) in [6.07, 6.45) is 4.58. The highest BCUT2D eigenvalue weighted by molar-refractivity contribution is 5.98. The SMILES string of the molecule is C=CCOc1ccc(/C=C/C(=O)NNC(=O)c2ccc(C(C)(C)C)cc2)cc1OC. The van der Waals surface area contributed by atoms with Crippen LogP contribution in [0.2, 0.25) is 0 Å². The van der Waals surface area contributed by atoms with E-state index in [1.165, 1.54) is 6.08 Å². The number of hydrogen-bond acceptors (Lipinski definition) is 4. The van der Waals surface area contributed by atoms with Crippen LogP contribution in [0.25, 0.3) is 6.08 Å². The molecule has 0 aliphatic carbocycles. The van der Waals surface area contributed by atoms with Crippen LogP contribution >= 0.6 is 0 Å². The minimum Gasteiger partial charge on any atom is -0.493 e. The Balaban J connectivity index is 1.93. The molecular formula is C24H28N2O4. The predicted molar refractivity (Wildman–Crippen MR) is 118 cm³/mol. The topological polar surface area (TPSA) is 76.7 Å². The Morgan fingerprint density at radius 1 is 1.03 bits per heavy atom. The average molecular weight is 408 g/mol. The molecule has 0 aromatic heterocycles. The highest BCUT2D eigenvalue weighted by Crippen LogP contribution is 2.28. The van der Waals surface area contributed by atoms with Gasteiger partial charge in [-0.25, -0.2) is 0 Å². The molecular weight excluding hydrogens is 380 g/mol. The van der Waals surface area contributed by atoms with Gasteiger partial charge in [0.25, 0.3) is 11.8 Å². The highest BCUT2D eigenvalue weighted by Gasteiger charge is 2.14. The molecule has 0 aliphatic heterocycles. The summed E-state index contributed by atoms with van der Waals surface area (Å²) in [6, 6.07) is 12.6. The third kappa shape index (κ3) is 6.51. The third-order valence-corrected chi connectivity index (χ3v) is 4.28. The minimum atomic E-state index is -0.458.